The summed E-state index contributed by atoms with van der Waals surface area (Å²) in [4.78, 5) is 4.32. The molecule has 2 nitrogen and oxygen atoms in total. The molecular formula is C13H9NO. The van der Waals surface area contributed by atoms with Gasteiger partial charge in [-0.2, -0.15) is 0 Å². The molecule has 0 aliphatic heterocycles. The smallest absolute Gasteiger partial charge is 0.0981 e. The van der Waals surface area contributed by atoms with Crippen molar-refractivity contribution in [3.8, 4) is 11.1 Å². The fourth-order valence-corrected chi connectivity index (χ4v) is 1.77. The minimum absolute atomic E-state index is 1.01. The van der Waals surface area contributed by atoms with Gasteiger partial charge in [0.2, 0.25) is 0 Å². The van der Waals surface area contributed by atoms with E-state index in [2.05, 4.69) is 11.1 Å². The molecule has 0 radical (unpaired) electrons. The van der Waals surface area contributed by atoms with Crippen LogP contribution in [0.15, 0.2) is 59.5 Å². The Balaban J connectivity index is 2.36. The molecule has 0 fully saturated rings. The van der Waals surface area contributed by atoms with Gasteiger partial charge in [-0.25, -0.2) is 0 Å². The van der Waals surface area contributed by atoms with Gasteiger partial charge >= 0.3 is 0 Å². The highest BCUT2D eigenvalue weighted by Crippen LogP contribution is 2.27. The molecule has 0 spiro atoms. The van der Waals surface area contributed by atoms with E-state index in [0.717, 1.165) is 22.0 Å². The minimum atomic E-state index is 1.01. The van der Waals surface area contributed by atoms with Crippen LogP contribution < -0.4 is 0 Å². The molecule has 2 aromatic heterocycles. The summed E-state index contributed by atoms with van der Waals surface area (Å²) in [5, 5.41) is 1.15. The highest BCUT2D eigenvalue weighted by atomic mass is 16.3. The zero-order chi connectivity index (χ0) is 10.1. The van der Waals surface area contributed by atoms with Crippen LogP contribution in [0.4, 0.5) is 0 Å². The summed E-state index contributed by atoms with van der Waals surface area (Å²) >= 11 is 0. The first-order valence-electron chi connectivity index (χ1n) is 4.81. The molecule has 0 N–H and O–H groups in total. The van der Waals surface area contributed by atoms with Gasteiger partial charge in [0.15, 0.2) is 0 Å². The summed E-state index contributed by atoms with van der Waals surface area (Å²) in [5.41, 5.74) is 3.26. The molecule has 0 saturated carbocycles. The van der Waals surface area contributed by atoms with Crippen molar-refractivity contribution in [2.24, 2.45) is 0 Å². The van der Waals surface area contributed by atoms with Crippen LogP contribution in [-0.2, 0) is 0 Å². The minimum Gasteiger partial charge on any atom is -0.472 e. The number of aromatic nitrogens is 1. The third-order valence-corrected chi connectivity index (χ3v) is 2.48. The van der Waals surface area contributed by atoms with Gasteiger partial charge in [-0.15, -0.1) is 0 Å². The summed E-state index contributed by atoms with van der Waals surface area (Å²) in [6, 6.07) is 12.1. The van der Waals surface area contributed by atoms with E-state index in [1.165, 1.54) is 0 Å². The first-order valence-corrected chi connectivity index (χ1v) is 4.81. The molecule has 3 rings (SSSR count). The van der Waals surface area contributed by atoms with Crippen molar-refractivity contribution in [3.05, 3.63) is 55.1 Å². The van der Waals surface area contributed by atoms with E-state index in [1.54, 1.807) is 12.5 Å². The molecule has 0 unspecified atom stereocenters. The molecule has 0 bridgehead atoms. The fourth-order valence-electron chi connectivity index (χ4n) is 1.77. The van der Waals surface area contributed by atoms with Crippen molar-refractivity contribution in [1.82, 2.24) is 4.98 Å². The molecule has 72 valence electrons. The van der Waals surface area contributed by atoms with Gasteiger partial charge in [0, 0.05) is 17.1 Å². The van der Waals surface area contributed by atoms with E-state index in [1.807, 2.05) is 36.5 Å². The van der Waals surface area contributed by atoms with Crippen molar-refractivity contribution in [1.29, 1.82) is 0 Å². The average Bonchev–Trinajstić information content (AvgIpc) is 2.82. The predicted octanol–water partition coefficient (Wildman–Crippen LogP) is 3.49. The maximum atomic E-state index is 5.10. The highest BCUT2D eigenvalue weighted by molar-refractivity contribution is 5.93. The lowest BCUT2D eigenvalue weighted by Gasteiger charge is -2.02. The van der Waals surface area contributed by atoms with Crippen molar-refractivity contribution < 1.29 is 4.42 Å². The van der Waals surface area contributed by atoms with Gasteiger partial charge in [-0.05, 0) is 23.8 Å². The second kappa shape index (κ2) is 3.24. The Morgan fingerprint density at radius 2 is 1.93 bits per heavy atom. The van der Waals surface area contributed by atoms with E-state index >= 15 is 0 Å². The Kier molecular flexibility index (Phi) is 1.78. The number of fused-ring (bicyclic) bond motifs is 1. The molecule has 3 aromatic rings. The molecule has 1 aromatic carbocycles. The second-order valence-corrected chi connectivity index (χ2v) is 3.39. The summed E-state index contributed by atoms with van der Waals surface area (Å²) in [7, 11) is 0. The van der Waals surface area contributed by atoms with Crippen LogP contribution >= 0.6 is 0 Å². The zero-order valence-corrected chi connectivity index (χ0v) is 8.05. The molecule has 0 aliphatic rings. The lowest BCUT2D eigenvalue weighted by molar-refractivity contribution is 0.568. The summed E-state index contributed by atoms with van der Waals surface area (Å²) in [6.07, 6.45) is 5.26. The second-order valence-electron chi connectivity index (χ2n) is 3.39. The number of pyridine rings is 1. The number of nitrogens with zero attached hydrogens (tertiary/aromatic N) is 1. The molecule has 15 heavy (non-hydrogen) atoms. The maximum absolute atomic E-state index is 5.10. The lowest BCUT2D eigenvalue weighted by atomic mass is 10.0. The van der Waals surface area contributed by atoms with Gasteiger partial charge in [0.1, 0.15) is 0 Å². The van der Waals surface area contributed by atoms with Crippen LogP contribution in [0.2, 0.25) is 0 Å². The summed E-state index contributed by atoms with van der Waals surface area (Å²) in [5.74, 6) is 0. The maximum Gasteiger partial charge on any atom is 0.0981 e. The van der Waals surface area contributed by atoms with Crippen LogP contribution in [0, 0.1) is 0 Å². The molecule has 0 atom stereocenters. The lowest BCUT2D eigenvalue weighted by Crippen LogP contribution is -1.81. The third-order valence-electron chi connectivity index (χ3n) is 2.48. The van der Waals surface area contributed by atoms with E-state index in [4.69, 9.17) is 4.42 Å². The summed E-state index contributed by atoms with van der Waals surface area (Å²) < 4.78 is 5.10. The van der Waals surface area contributed by atoms with Crippen molar-refractivity contribution in [2.75, 3.05) is 0 Å². The van der Waals surface area contributed by atoms with E-state index in [0.29, 0.717) is 0 Å². The number of benzene rings is 1. The van der Waals surface area contributed by atoms with Gasteiger partial charge in [-0.1, -0.05) is 18.2 Å². The van der Waals surface area contributed by atoms with Gasteiger partial charge in [-0.3, -0.25) is 4.98 Å². The van der Waals surface area contributed by atoms with Crippen LogP contribution in [0.3, 0.4) is 0 Å². The predicted molar refractivity (Wildman–Crippen MR) is 59.4 cm³/mol. The molecular weight excluding hydrogens is 186 g/mol. The van der Waals surface area contributed by atoms with Gasteiger partial charge in [0.25, 0.3) is 0 Å². The van der Waals surface area contributed by atoms with Gasteiger partial charge in [0.05, 0.1) is 18.0 Å². The Morgan fingerprint density at radius 3 is 2.80 bits per heavy atom. The highest BCUT2D eigenvalue weighted by Gasteiger charge is 2.04. The van der Waals surface area contributed by atoms with Crippen LogP contribution in [-0.4, -0.2) is 4.98 Å². The topological polar surface area (TPSA) is 26.0 Å². The summed E-state index contributed by atoms with van der Waals surface area (Å²) in [6.45, 7) is 0. The van der Waals surface area contributed by atoms with Crippen LogP contribution in [0.1, 0.15) is 0 Å². The van der Waals surface area contributed by atoms with E-state index in [-0.39, 0.29) is 0 Å². The molecule has 0 amide bonds. The quantitative estimate of drug-likeness (QED) is 0.594. The number of hydrogen-bond acceptors (Lipinski definition) is 2. The Morgan fingerprint density at radius 1 is 1.00 bits per heavy atom. The monoisotopic (exact) mass is 195 g/mol. The fraction of sp³-hybridized carbons (Fsp3) is 0. The molecule has 2 heteroatoms. The first kappa shape index (κ1) is 8.24. The van der Waals surface area contributed by atoms with Crippen molar-refractivity contribution in [2.45, 2.75) is 0 Å². The Bertz CT molecular complexity index is 579. The Labute approximate surface area is 87.2 Å². The average molecular weight is 195 g/mol. The van der Waals surface area contributed by atoms with Gasteiger partial charge < -0.3 is 4.42 Å². The normalized spacial score (nSPS) is 10.7. The zero-order valence-electron chi connectivity index (χ0n) is 8.05. The molecule has 2 heterocycles. The number of hydrogen-bond donors (Lipinski definition) is 0. The van der Waals surface area contributed by atoms with Crippen molar-refractivity contribution in [3.63, 3.8) is 0 Å². The molecule has 0 aliphatic carbocycles. The number of rotatable bonds is 1. The first-order chi connectivity index (χ1) is 7.45. The van der Waals surface area contributed by atoms with Crippen LogP contribution in [0.25, 0.3) is 22.0 Å². The van der Waals surface area contributed by atoms with E-state index in [9.17, 15) is 0 Å². The number of para-hydroxylation sites is 1. The number of furan rings is 1. The molecule has 0 saturated heterocycles. The largest absolute Gasteiger partial charge is 0.472 e. The standard InChI is InChI=1S/C13H9NO/c1-2-4-13-12(3-1)11(5-7-14-13)10-6-8-15-9-10/h1-9H. The Hall–Kier alpha value is -2.09. The van der Waals surface area contributed by atoms with Crippen LogP contribution in [0.5, 0.6) is 0 Å². The van der Waals surface area contributed by atoms with Crippen molar-refractivity contribution >= 4 is 10.9 Å². The van der Waals surface area contributed by atoms with E-state index < -0.39 is 0 Å². The third kappa shape index (κ3) is 1.31. The SMILES string of the molecule is c1ccc2c(-c3ccoc3)ccnc2c1.